The minimum absolute atomic E-state index is 0.0912. The average molecular weight is 693 g/mol. The molecule has 6 N–H and O–H groups in total. The number of nitrogens with zero attached hydrogens (tertiary/aromatic N) is 1. The van der Waals surface area contributed by atoms with Crippen LogP contribution in [0.25, 0.3) is 0 Å². The Morgan fingerprint density at radius 1 is 0.980 bits per heavy atom. The molecule has 1 fully saturated rings. The van der Waals surface area contributed by atoms with Gasteiger partial charge in [0.1, 0.15) is 36.2 Å². The maximum Gasteiger partial charge on any atom is 0.245 e. The molecule has 0 saturated heterocycles. The van der Waals surface area contributed by atoms with Gasteiger partial charge in [0.2, 0.25) is 29.5 Å². The van der Waals surface area contributed by atoms with E-state index in [1.165, 1.54) is 11.8 Å². The molecule has 2 aromatic rings. The minimum Gasteiger partial charge on any atom is -0.497 e. The van der Waals surface area contributed by atoms with E-state index in [9.17, 15) is 24.0 Å². The third-order valence-corrected chi connectivity index (χ3v) is 8.76. The monoisotopic (exact) mass is 692 g/mol. The molecule has 2 aliphatic heterocycles. The second-order valence-electron chi connectivity index (χ2n) is 13.9. The van der Waals surface area contributed by atoms with Crippen molar-refractivity contribution in [2.45, 2.75) is 90.0 Å². The number of hydrogen-bond donors (Lipinski definition) is 5. The highest BCUT2D eigenvalue weighted by molar-refractivity contribution is 5.95. The molecule has 3 aliphatic rings. The zero-order valence-corrected chi connectivity index (χ0v) is 29.7. The Morgan fingerprint density at radius 2 is 1.66 bits per heavy atom. The van der Waals surface area contributed by atoms with Gasteiger partial charge in [0.05, 0.1) is 25.7 Å². The first-order chi connectivity index (χ1) is 23.8. The molecule has 1 saturated carbocycles. The van der Waals surface area contributed by atoms with Crippen LogP contribution in [0.5, 0.6) is 11.5 Å². The molecule has 13 nitrogen and oxygen atoms in total. The summed E-state index contributed by atoms with van der Waals surface area (Å²) in [4.78, 5) is 69.1. The van der Waals surface area contributed by atoms with Gasteiger partial charge < -0.3 is 41.4 Å². The number of amides is 5. The molecule has 5 rings (SSSR count). The van der Waals surface area contributed by atoms with Gasteiger partial charge in [-0.15, -0.1) is 0 Å². The van der Waals surface area contributed by atoms with Crippen LogP contribution >= 0.6 is 0 Å². The smallest absolute Gasteiger partial charge is 0.245 e. The normalized spacial score (nSPS) is 23.3. The largest absolute Gasteiger partial charge is 0.497 e. The van der Waals surface area contributed by atoms with Crippen molar-refractivity contribution in [2.24, 2.45) is 17.6 Å². The molecule has 0 aromatic heterocycles. The van der Waals surface area contributed by atoms with Crippen LogP contribution in [0.2, 0.25) is 0 Å². The molecule has 5 amide bonds. The predicted octanol–water partition coefficient (Wildman–Crippen LogP) is 1.46. The lowest BCUT2D eigenvalue weighted by molar-refractivity contribution is -0.140. The lowest BCUT2D eigenvalue weighted by Gasteiger charge is -2.29. The summed E-state index contributed by atoms with van der Waals surface area (Å²) in [7, 11) is 1.55. The number of fused-ring (bicyclic) bond motifs is 17. The van der Waals surface area contributed by atoms with Crippen molar-refractivity contribution in [1.82, 2.24) is 26.2 Å². The standard InChI is InChI=1S/C37H52N6O7/c1-22(2)16-28-21-50-30-14-10-26(11-15-30)18-32(41-34(45)23(3)38)36(47)42-31(17-25-8-12-29(49-5)13-9-25)35(46)39-24(4)37(48)43(19-27-6-7-27)20-33(44)40-28/h8-15,22-24,27-28,31-32H,6-7,16-21,38H2,1-5H3,(H,39,46)(H,40,44)(H,41,45)(H,42,47)/t23-,24-,28+,31+,32+/m1/s1. The third kappa shape index (κ3) is 11.7. The Morgan fingerprint density at radius 3 is 2.26 bits per heavy atom. The number of nitrogens with two attached hydrogens (primary N) is 1. The van der Waals surface area contributed by atoms with Crippen LogP contribution in [0.15, 0.2) is 48.5 Å². The first-order valence-electron chi connectivity index (χ1n) is 17.4. The van der Waals surface area contributed by atoms with Gasteiger partial charge in [-0.25, -0.2) is 0 Å². The Balaban J connectivity index is 1.67. The van der Waals surface area contributed by atoms with E-state index in [2.05, 4.69) is 35.1 Å². The van der Waals surface area contributed by atoms with Gasteiger partial charge in [0, 0.05) is 19.4 Å². The summed E-state index contributed by atoms with van der Waals surface area (Å²) in [5.41, 5.74) is 7.29. The van der Waals surface area contributed by atoms with Gasteiger partial charge >= 0.3 is 0 Å². The fourth-order valence-corrected chi connectivity index (χ4v) is 5.82. The zero-order chi connectivity index (χ0) is 36.4. The van der Waals surface area contributed by atoms with E-state index in [1.54, 1.807) is 62.6 Å². The summed E-state index contributed by atoms with van der Waals surface area (Å²) in [6, 6.07) is 9.85. The van der Waals surface area contributed by atoms with Crippen molar-refractivity contribution in [2.75, 3.05) is 26.8 Å². The average Bonchev–Trinajstić information content (AvgIpc) is 3.90. The van der Waals surface area contributed by atoms with Crippen LogP contribution < -0.4 is 36.5 Å². The molecule has 0 radical (unpaired) electrons. The number of carbonyl (C=O) groups is 5. The highest BCUT2D eigenvalue weighted by atomic mass is 16.5. The van der Waals surface area contributed by atoms with Crippen LogP contribution in [-0.2, 0) is 36.8 Å². The molecule has 272 valence electrons. The molecule has 0 spiro atoms. The number of hydrogen-bond acceptors (Lipinski definition) is 8. The summed E-state index contributed by atoms with van der Waals surface area (Å²) in [6.45, 7) is 7.67. The molecule has 2 aromatic carbocycles. The maximum absolute atomic E-state index is 13.9. The molecule has 0 unspecified atom stereocenters. The van der Waals surface area contributed by atoms with E-state index in [0.717, 1.165) is 24.0 Å². The molecule has 50 heavy (non-hydrogen) atoms. The summed E-state index contributed by atoms with van der Waals surface area (Å²) in [5, 5.41) is 11.4. The van der Waals surface area contributed by atoms with E-state index in [4.69, 9.17) is 15.2 Å². The van der Waals surface area contributed by atoms with Gasteiger partial charge in [-0.3, -0.25) is 24.0 Å². The number of methoxy groups -OCH3 is 1. The Labute approximate surface area is 294 Å². The lowest BCUT2D eigenvalue weighted by Crippen LogP contribution is -2.58. The van der Waals surface area contributed by atoms with E-state index >= 15 is 0 Å². The number of ether oxygens (including phenoxy) is 2. The molecule has 2 heterocycles. The van der Waals surface area contributed by atoms with Crippen LogP contribution in [0.3, 0.4) is 0 Å². The van der Waals surface area contributed by atoms with Gasteiger partial charge in [-0.05, 0) is 80.3 Å². The van der Waals surface area contributed by atoms with Crippen LogP contribution in [-0.4, -0.2) is 91.5 Å². The Kier molecular flexibility index (Phi) is 13.6. The van der Waals surface area contributed by atoms with Crippen LogP contribution in [0.1, 0.15) is 58.1 Å². The van der Waals surface area contributed by atoms with Gasteiger partial charge in [0.25, 0.3) is 0 Å². The van der Waals surface area contributed by atoms with E-state index < -0.39 is 47.8 Å². The van der Waals surface area contributed by atoms with E-state index in [1.807, 2.05) is 0 Å². The first kappa shape index (κ1) is 38.2. The quantitative estimate of drug-likeness (QED) is 0.245. The molecule has 1 aliphatic carbocycles. The number of rotatable bonds is 9. The van der Waals surface area contributed by atoms with Crippen molar-refractivity contribution in [3.63, 3.8) is 0 Å². The maximum atomic E-state index is 13.9. The van der Waals surface area contributed by atoms with Gasteiger partial charge in [0.15, 0.2) is 0 Å². The van der Waals surface area contributed by atoms with Gasteiger partial charge in [-0.2, -0.15) is 0 Å². The fraction of sp³-hybridized carbons (Fsp3) is 0.541. The second kappa shape index (κ2) is 17.8. The van der Waals surface area contributed by atoms with Crippen molar-refractivity contribution in [1.29, 1.82) is 0 Å². The zero-order valence-electron chi connectivity index (χ0n) is 29.7. The fourth-order valence-electron chi connectivity index (χ4n) is 5.82. The highest BCUT2D eigenvalue weighted by Gasteiger charge is 2.33. The lowest BCUT2D eigenvalue weighted by atomic mass is 10.0. The summed E-state index contributed by atoms with van der Waals surface area (Å²) in [6.07, 6.45) is 2.79. The van der Waals surface area contributed by atoms with Gasteiger partial charge in [-0.1, -0.05) is 38.1 Å². The van der Waals surface area contributed by atoms with Crippen molar-refractivity contribution >= 4 is 29.5 Å². The highest BCUT2D eigenvalue weighted by Crippen LogP contribution is 2.30. The molecular formula is C37H52N6O7. The number of carbonyl (C=O) groups excluding carboxylic acids is 5. The van der Waals surface area contributed by atoms with Crippen LogP contribution in [0.4, 0.5) is 0 Å². The Hall–Kier alpha value is -4.65. The third-order valence-electron chi connectivity index (χ3n) is 8.76. The van der Waals surface area contributed by atoms with Crippen molar-refractivity contribution in [3.05, 3.63) is 59.7 Å². The first-order valence-corrected chi connectivity index (χ1v) is 17.4. The summed E-state index contributed by atoms with van der Waals surface area (Å²) in [5.74, 6) is -0.640. The molecule has 5 atom stereocenters. The second-order valence-corrected chi connectivity index (χ2v) is 13.9. The minimum atomic E-state index is -1.11. The molecular weight excluding hydrogens is 640 g/mol. The van der Waals surface area contributed by atoms with Crippen molar-refractivity contribution < 1.29 is 33.4 Å². The van der Waals surface area contributed by atoms with Crippen molar-refractivity contribution in [3.8, 4) is 11.5 Å². The number of benzene rings is 2. The summed E-state index contributed by atoms with van der Waals surface area (Å²) >= 11 is 0. The Bertz CT molecular complexity index is 1480. The number of nitrogens with one attached hydrogen (secondary N) is 4. The summed E-state index contributed by atoms with van der Waals surface area (Å²) < 4.78 is 11.3. The molecule has 13 heteroatoms. The molecule has 2 bridgehead atoms. The van der Waals surface area contributed by atoms with E-state index in [0.29, 0.717) is 30.4 Å². The predicted molar refractivity (Wildman–Crippen MR) is 188 cm³/mol. The topological polar surface area (TPSA) is 181 Å². The SMILES string of the molecule is COc1ccc(C[C@@H]2NC(=O)[C@@H](NC(=O)[C@@H](C)N)Cc3ccc(cc3)OC[C@H](CC(C)C)NC(=O)CN(CC3CC3)C(=O)[C@@H](C)NC2=O)cc1. The van der Waals surface area contributed by atoms with E-state index in [-0.39, 0.29) is 43.9 Å². The van der Waals surface area contributed by atoms with Crippen LogP contribution in [0, 0.1) is 11.8 Å².